The van der Waals surface area contributed by atoms with E-state index in [4.69, 9.17) is 0 Å². The Hall–Kier alpha value is -2.76. The molecule has 1 atom stereocenters. The van der Waals surface area contributed by atoms with E-state index in [1.807, 2.05) is 6.92 Å². The van der Waals surface area contributed by atoms with E-state index in [9.17, 15) is 18.4 Å². The molecule has 2 amide bonds. The highest BCUT2D eigenvalue weighted by atomic mass is 19.1. The van der Waals surface area contributed by atoms with Crippen LogP contribution >= 0.6 is 0 Å². The first-order valence-corrected chi connectivity index (χ1v) is 9.47. The molecule has 28 heavy (non-hydrogen) atoms. The summed E-state index contributed by atoms with van der Waals surface area (Å²) >= 11 is 0. The van der Waals surface area contributed by atoms with Gasteiger partial charge in [-0.2, -0.15) is 0 Å². The molecule has 0 aliphatic rings. The third kappa shape index (κ3) is 6.15. The lowest BCUT2D eigenvalue weighted by molar-refractivity contribution is -0.140. The Morgan fingerprint density at radius 3 is 2.39 bits per heavy atom. The molecule has 2 rings (SSSR count). The quantitative estimate of drug-likeness (QED) is 0.664. The van der Waals surface area contributed by atoms with E-state index in [-0.39, 0.29) is 30.6 Å². The third-order valence-electron chi connectivity index (χ3n) is 4.56. The highest BCUT2D eigenvalue weighted by molar-refractivity contribution is 5.88. The number of rotatable bonds is 9. The molecule has 0 bridgehead atoms. The van der Waals surface area contributed by atoms with Gasteiger partial charge in [0.2, 0.25) is 11.8 Å². The highest BCUT2D eigenvalue weighted by Crippen LogP contribution is 2.15. The number of carbonyl (C=O) groups excluding carboxylic acids is 2. The van der Waals surface area contributed by atoms with Gasteiger partial charge in [-0.05, 0) is 37.1 Å². The van der Waals surface area contributed by atoms with E-state index in [0.717, 1.165) is 12.8 Å². The maximum absolute atomic E-state index is 14.1. The van der Waals surface area contributed by atoms with Gasteiger partial charge >= 0.3 is 0 Å². The van der Waals surface area contributed by atoms with Gasteiger partial charge in [-0.15, -0.1) is 0 Å². The van der Waals surface area contributed by atoms with Crippen LogP contribution in [0.5, 0.6) is 0 Å². The molecule has 0 saturated heterocycles. The predicted molar refractivity (Wildman–Crippen MR) is 104 cm³/mol. The van der Waals surface area contributed by atoms with Gasteiger partial charge in [-0.3, -0.25) is 9.59 Å². The Bertz CT molecular complexity index is 793. The fourth-order valence-electron chi connectivity index (χ4n) is 2.81. The van der Waals surface area contributed by atoms with Crippen molar-refractivity contribution in [2.75, 3.05) is 6.54 Å². The second-order valence-corrected chi connectivity index (χ2v) is 6.74. The predicted octanol–water partition coefficient (Wildman–Crippen LogP) is 3.84. The number of hydrogen-bond acceptors (Lipinski definition) is 2. The van der Waals surface area contributed by atoms with Gasteiger partial charge in [0.1, 0.15) is 17.7 Å². The average Bonchev–Trinajstić information content (AvgIpc) is 2.68. The Morgan fingerprint density at radius 1 is 1.07 bits per heavy atom. The van der Waals surface area contributed by atoms with Crippen molar-refractivity contribution in [3.05, 3.63) is 71.3 Å². The van der Waals surface area contributed by atoms with Crippen LogP contribution in [0, 0.1) is 11.6 Å². The molecule has 0 heterocycles. The van der Waals surface area contributed by atoms with Crippen LogP contribution in [0.15, 0.2) is 48.5 Å². The van der Waals surface area contributed by atoms with Gasteiger partial charge in [-0.25, -0.2) is 8.78 Å². The first-order chi connectivity index (χ1) is 13.4. The summed E-state index contributed by atoms with van der Waals surface area (Å²) in [5.74, 6) is -1.42. The fraction of sp³-hybridized carbons (Fsp3) is 0.364. The van der Waals surface area contributed by atoms with Crippen LogP contribution < -0.4 is 5.32 Å². The minimum atomic E-state index is -0.760. The van der Waals surface area contributed by atoms with Crippen molar-refractivity contribution in [1.29, 1.82) is 0 Å². The minimum Gasteiger partial charge on any atom is -0.354 e. The largest absolute Gasteiger partial charge is 0.354 e. The molecule has 4 nitrogen and oxygen atoms in total. The number of benzene rings is 2. The second kappa shape index (κ2) is 10.5. The van der Waals surface area contributed by atoms with Crippen LogP contribution in [0.1, 0.15) is 37.8 Å². The molecule has 2 aromatic rings. The monoisotopic (exact) mass is 388 g/mol. The Balaban J connectivity index is 2.19. The lowest BCUT2D eigenvalue weighted by Gasteiger charge is -2.29. The minimum absolute atomic E-state index is 0.00130. The Kier molecular flexibility index (Phi) is 8.11. The zero-order chi connectivity index (χ0) is 20.5. The van der Waals surface area contributed by atoms with Gasteiger partial charge in [0.05, 0.1) is 6.42 Å². The summed E-state index contributed by atoms with van der Waals surface area (Å²) in [6.45, 7) is 4.16. The summed E-state index contributed by atoms with van der Waals surface area (Å²) in [6.07, 6.45) is 1.79. The Morgan fingerprint density at radius 2 is 1.75 bits per heavy atom. The molecule has 0 saturated carbocycles. The second-order valence-electron chi connectivity index (χ2n) is 6.74. The summed E-state index contributed by atoms with van der Waals surface area (Å²) in [5, 5.41) is 2.81. The zero-order valence-electron chi connectivity index (χ0n) is 16.3. The molecule has 0 radical (unpaired) electrons. The first-order valence-electron chi connectivity index (χ1n) is 9.47. The summed E-state index contributed by atoms with van der Waals surface area (Å²) in [5.41, 5.74) is 0.965. The smallest absolute Gasteiger partial charge is 0.242 e. The molecular formula is C22H26F2N2O2. The highest BCUT2D eigenvalue weighted by Gasteiger charge is 2.26. The summed E-state index contributed by atoms with van der Waals surface area (Å²) in [7, 11) is 0. The van der Waals surface area contributed by atoms with Crippen molar-refractivity contribution in [3.63, 3.8) is 0 Å². The molecule has 6 heteroatoms. The van der Waals surface area contributed by atoms with Crippen LogP contribution in [0.4, 0.5) is 8.78 Å². The molecule has 0 unspecified atom stereocenters. The van der Waals surface area contributed by atoms with Crippen molar-refractivity contribution < 1.29 is 18.4 Å². The number of hydrogen-bond donors (Lipinski definition) is 1. The first kappa shape index (κ1) is 21.5. The number of amides is 2. The standard InChI is InChI=1S/C22H26F2N2O2/c1-3-4-13-25-22(28)16(2)26(15-18-7-5-6-8-20(18)24)21(27)14-17-9-11-19(23)12-10-17/h5-12,16H,3-4,13-15H2,1-2H3,(H,25,28)/t16-/m1/s1. The van der Waals surface area contributed by atoms with Crippen LogP contribution in [0.2, 0.25) is 0 Å². The van der Waals surface area contributed by atoms with Crippen molar-refractivity contribution in [3.8, 4) is 0 Å². The van der Waals surface area contributed by atoms with Crippen molar-refractivity contribution in [2.45, 2.75) is 45.7 Å². The van der Waals surface area contributed by atoms with E-state index in [2.05, 4.69) is 5.32 Å². The van der Waals surface area contributed by atoms with Gasteiger partial charge in [0.15, 0.2) is 0 Å². The number of carbonyl (C=O) groups is 2. The van der Waals surface area contributed by atoms with Crippen LogP contribution in [0.25, 0.3) is 0 Å². The van der Waals surface area contributed by atoms with Crippen LogP contribution in [-0.2, 0) is 22.6 Å². The van der Waals surface area contributed by atoms with E-state index < -0.39 is 11.9 Å². The molecule has 2 aromatic carbocycles. The molecule has 1 N–H and O–H groups in total. The van der Waals surface area contributed by atoms with Crippen molar-refractivity contribution in [2.24, 2.45) is 0 Å². The molecule has 0 fully saturated rings. The third-order valence-corrected chi connectivity index (χ3v) is 4.56. The van der Waals surface area contributed by atoms with Gasteiger partial charge in [0.25, 0.3) is 0 Å². The van der Waals surface area contributed by atoms with E-state index in [0.29, 0.717) is 17.7 Å². The molecular weight excluding hydrogens is 362 g/mol. The van der Waals surface area contributed by atoms with Crippen LogP contribution in [0.3, 0.4) is 0 Å². The van der Waals surface area contributed by atoms with Gasteiger partial charge in [0, 0.05) is 18.7 Å². The number of halogens is 2. The molecule has 0 aliphatic heterocycles. The lowest BCUT2D eigenvalue weighted by atomic mass is 10.1. The summed E-state index contributed by atoms with van der Waals surface area (Å²) in [4.78, 5) is 26.8. The fourth-order valence-corrected chi connectivity index (χ4v) is 2.81. The van der Waals surface area contributed by atoms with E-state index in [1.165, 1.54) is 35.2 Å². The number of nitrogens with one attached hydrogen (secondary N) is 1. The topological polar surface area (TPSA) is 49.4 Å². The summed E-state index contributed by atoms with van der Waals surface area (Å²) in [6, 6.07) is 11.0. The molecule has 0 aromatic heterocycles. The van der Waals surface area contributed by atoms with Crippen molar-refractivity contribution in [1.82, 2.24) is 10.2 Å². The zero-order valence-corrected chi connectivity index (χ0v) is 16.3. The maximum Gasteiger partial charge on any atom is 0.242 e. The molecule has 0 aliphatic carbocycles. The normalized spacial score (nSPS) is 11.7. The SMILES string of the molecule is CCCCNC(=O)[C@@H](C)N(Cc1ccccc1F)C(=O)Cc1ccc(F)cc1. The molecule has 0 spiro atoms. The van der Waals surface area contributed by atoms with E-state index >= 15 is 0 Å². The molecule has 150 valence electrons. The van der Waals surface area contributed by atoms with Crippen LogP contribution in [-0.4, -0.2) is 29.3 Å². The van der Waals surface area contributed by atoms with Crippen molar-refractivity contribution >= 4 is 11.8 Å². The maximum atomic E-state index is 14.1. The number of nitrogens with zero attached hydrogens (tertiary/aromatic N) is 1. The van der Waals surface area contributed by atoms with Gasteiger partial charge in [-0.1, -0.05) is 43.7 Å². The lowest BCUT2D eigenvalue weighted by Crippen LogP contribution is -2.48. The average molecular weight is 388 g/mol. The van der Waals surface area contributed by atoms with E-state index in [1.54, 1.807) is 25.1 Å². The number of unbranched alkanes of at least 4 members (excludes halogenated alkanes) is 1. The Labute approximate surface area is 164 Å². The summed E-state index contributed by atoms with van der Waals surface area (Å²) < 4.78 is 27.2. The van der Waals surface area contributed by atoms with Gasteiger partial charge < -0.3 is 10.2 Å².